The molecule has 0 aromatic heterocycles. The van der Waals surface area contributed by atoms with E-state index in [9.17, 15) is 15.3 Å². The van der Waals surface area contributed by atoms with Crippen LogP contribution in [0, 0.1) is 28.6 Å². The van der Waals surface area contributed by atoms with E-state index in [2.05, 4.69) is 43.6 Å². The Balaban J connectivity index is 1.27. The maximum Gasteiger partial charge on any atom is 0.193 e. The average Bonchev–Trinajstić information content (AvgIpc) is 3.41. The van der Waals surface area contributed by atoms with Crippen LogP contribution >= 0.6 is 0 Å². The second-order valence-corrected chi connectivity index (χ2v) is 12.6. The Hall–Kier alpha value is -1.69. The van der Waals surface area contributed by atoms with E-state index >= 15 is 0 Å². The minimum Gasteiger partial charge on any atom is -0.476 e. The number of fused-ring (bicyclic) bond motifs is 1. The average molecular weight is 496 g/mol. The fraction of sp³-hybridized carbons (Fsp3) is 0.710. The van der Waals surface area contributed by atoms with Gasteiger partial charge in [0.25, 0.3) is 0 Å². The first kappa shape index (κ1) is 25.9. The Bertz CT molecular complexity index is 989. The summed E-state index contributed by atoms with van der Waals surface area (Å²) in [4.78, 5) is 4.57. The van der Waals surface area contributed by atoms with Crippen molar-refractivity contribution in [3.05, 3.63) is 47.6 Å². The number of aliphatic hydroxyl groups excluding tert-OH is 3. The maximum atomic E-state index is 11.1. The summed E-state index contributed by atoms with van der Waals surface area (Å²) in [6, 6.07) is 0. The number of aliphatic hydroxyl groups is 3. The van der Waals surface area contributed by atoms with Gasteiger partial charge < -0.3 is 20.1 Å². The van der Waals surface area contributed by atoms with E-state index in [0.717, 1.165) is 36.3 Å². The quantitative estimate of drug-likeness (QED) is 0.438. The number of nitrogens with zero attached hydrogens (tertiary/aromatic N) is 1. The van der Waals surface area contributed by atoms with Crippen LogP contribution in [-0.4, -0.2) is 52.2 Å². The van der Waals surface area contributed by atoms with Crippen LogP contribution in [0.15, 0.2) is 52.6 Å². The largest absolute Gasteiger partial charge is 0.476 e. The number of ether oxygens (including phenoxy) is 1. The molecule has 5 nitrogen and oxygen atoms in total. The lowest BCUT2D eigenvalue weighted by atomic mass is 9.61. The number of rotatable bonds is 6. The Morgan fingerprint density at radius 2 is 1.92 bits per heavy atom. The standard InChI is InChI=1S/C31H45NO4/c1-19(7-12-28(35)31(14-15-31)29-32-18-20(2)36-29)25-10-11-26-22(6-5-13-30(25,26)4)8-9-23-16-24(33)17-27(34)21(23)3/h7-9,12,19-20,24-28,33-35H,3,5-6,10-11,13-18H2,1-2,4H3/t19-,20?,24-,25-,26+,27+,28+,30-/m1/s1. The molecule has 0 radical (unpaired) electrons. The van der Waals surface area contributed by atoms with Gasteiger partial charge in [0.05, 0.1) is 30.3 Å². The summed E-state index contributed by atoms with van der Waals surface area (Å²) in [6.07, 6.45) is 16.0. The van der Waals surface area contributed by atoms with Gasteiger partial charge in [-0.3, -0.25) is 4.99 Å². The van der Waals surface area contributed by atoms with Gasteiger partial charge in [-0.25, -0.2) is 0 Å². The smallest absolute Gasteiger partial charge is 0.193 e. The summed E-state index contributed by atoms with van der Waals surface area (Å²) in [7, 11) is 0. The van der Waals surface area contributed by atoms with E-state index in [1.165, 1.54) is 31.3 Å². The second kappa shape index (κ2) is 9.89. The van der Waals surface area contributed by atoms with Crippen molar-refractivity contribution < 1.29 is 20.1 Å². The first-order valence-electron chi connectivity index (χ1n) is 14.2. The highest BCUT2D eigenvalue weighted by Crippen LogP contribution is 2.60. The first-order valence-corrected chi connectivity index (χ1v) is 14.2. The zero-order valence-electron chi connectivity index (χ0n) is 22.3. The van der Waals surface area contributed by atoms with Crippen molar-refractivity contribution in [1.82, 2.24) is 0 Å². The molecule has 1 aliphatic heterocycles. The molecule has 0 aromatic carbocycles. The highest BCUT2D eigenvalue weighted by molar-refractivity contribution is 5.87. The van der Waals surface area contributed by atoms with Gasteiger partial charge in [0.1, 0.15) is 6.10 Å². The SMILES string of the molecule is C=C1C(=CC=C2CCC[C@]3(C)[C@@H]([C@H](C)C=C[C@H](O)C4(C5=NCC(C)O5)CC4)CC[C@@H]23)C[C@@H](O)C[C@@H]1O. The summed E-state index contributed by atoms with van der Waals surface area (Å²) in [5, 5.41) is 31.4. The monoisotopic (exact) mass is 495 g/mol. The zero-order chi connectivity index (χ0) is 25.7. The Morgan fingerprint density at radius 1 is 1.14 bits per heavy atom. The fourth-order valence-corrected chi connectivity index (χ4v) is 7.73. The Kier molecular flexibility index (Phi) is 7.12. The molecule has 5 rings (SSSR count). The van der Waals surface area contributed by atoms with Crippen molar-refractivity contribution in [2.75, 3.05) is 6.54 Å². The van der Waals surface area contributed by atoms with E-state index < -0.39 is 18.3 Å². The molecule has 1 heterocycles. The summed E-state index contributed by atoms with van der Waals surface area (Å²) < 4.78 is 5.91. The van der Waals surface area contributed by atoms with Crippen LogP contribution in [0.4, 0.5) is 0 Å². The highest BCUT2D eigenvalue weighted by Gasteiger charge is 2.55. The van der Waals surface area contributed by atoms with E-state index in [0.29, 0.717) is 37.1 Å². The van der Waals surface area contributed by atoms with Crippen molar-refractivity contribution in [3.63, 3.8) is 0 Å². The summed E-state index contributed by atoms with van der Waals surface area (Å²) >= 11 is 0. The van der Waals surface area contributed by atoms with Gasteiger partial charge in [-0.05, 0) is 92.6 Å². The topological polar surface area (TPSA) is 82.3 Å². The zero-order valence-corrected chi connectivity index (χ0v) is 22.3. The summed E-state index contributed by atoms with van der Waals surface area (Å²) in [6.45, 7) is 11.6. The van der Waals surface area contributed by atoms with Crippen molar-refractivity contribution >= 4 is 5.90 Å². The van der Waals surface area contributed by atoms with Crippen molar-refractivity contribution in [2.45, 2.75) is 103 Å². The van der Waals surface area contributed by atoms with Gasteiger partial charge in [0, 0.05) is 6.42 Å². The van der Waals surface area contributed by atoms with Crippen LogP contribution in [-0.2, 0) is 4.74 Å². The van der Waals surface area contributed by atoms with Crippen LogP contribution in [0.5, 0.6) is 0 Å². The maximum absolute atomic E-state index is 11.1. The molecular formula is C31H45NO4. The number of hydrogen-bond donors (Lipinski definition) is 3. The predicted octanol–water partition coefficient (Wildman–Crippen LogP) is 5.28. The Morgan fingerprint density at radius 3 is 2.61 bits per heavy atom. The molecule has 36 heavy (non-hydrogen) atoms. The van der Waals surface area contributed by atoms with Gasteiger partial charge >= 0.3 is 0 Å². The number of hydrogen-bond acceptors (Lipinski definition) is 5. The lowest BCUT2D eigenvalue weighted by Crippen LogP contribution is -2.35. The number of allylic oxidation sites excluding steroid dienone is 4. The van der Waals surface area contributed by atoms with Crippen LogP contribution in [0.1, 0.15) is 78.6 Å². The lowest BCUT2D eigenvalue weighted by molar-refractivity contribution is 0.0862. The fourth-order valence-electron chi connectivity index (χ4n) is 7.73. The Labute approximate surface area is 216 Å². The molecule has 1 unspecified atom stereocenters. The third kappa shape index (κ3) is 4.68. The van der Waals surface area contributed by atoms with Gasteiger partial charge in [-0.15, -0.1) is 0 Å². The highest BCUT2D eigenvalue weighted by atomic mass is 16.5. The van der Waals surface area contributed by atoms with E-state index in [4.69, 9.17) is 4.74 Å². The minimum absolute atomic E-state index is 0.124. The molecule has 4 saturated carbocycles. The third-order valence-electron chi connectivity index (χ3n) is 10.1. The second-order valence-electron chi connectivity index (χ2n) is 12.6. The molecule has 5 aliphatic rings. The molecule has 4 fully saturated rings. The molecular weight excluding hydrogens is 450 g/mol. The molecule has 198 valence electrons. The molecule has 4 aliphatic carbocycles. The summed E-state index contributed by atoms with van der Waals surface area (Å²) in [5.41, 5.74) is 3.22. The van der Waals surface area contributed by atoms with Crippen molar-refractivity contribution in [3.8, 4) is 0 Å². The molecule has 5 heteroatoms. The molecule has 0 amide bonds. The van der Waals surface area contributed by atoms with Gasteiger partial charge in [-0.2, -0.15) is 0 Å². The molecule has 0 saturated heterocycles. The van der Waals surface area contributed by atoms with Crippen molar-refractivity contribution in [1.29, 1.82) is 0 Å². The molecule has 8 atom stereocenters. The van der Waals surface area contributed by atoms with Crippen molar-refractivity contribution in [2.24, 2.45) is 33.6 Å². The third-order valence-corrected chi connectivity index (χ3v) is 10.1. The first-order chi connectivity index (χ1) is 17.1. The van der Waals surface area contributed by atoms with Gasteiger partial charge in [0.2, 0.25) is 0 Å². The van der Waals surface area contributed by atoms with Gasteiger partial charge in [-0.1, -0.05) is 50.3 Å². The van der Waals surface area contributed by atoms with E-state index in [1.54, 1.807) is 0 Å². The molecule has 3 N–H and O–H groups in total. The van der Waals surface area contributed by atoms with Crippen LogP contribution in [0.3, 0.4) is 0 Å². The summed E-state index contributed by atoms with van der Waals surface area (Å²) in [5.74, 6) is 2.32. The van der Waals surface area contributed by atoms with Crippen LogP contribution in [0.25, 0.3) is 0 Å². The van der Waals surface area contributed by atoms with Gasteiger partial charge in [0.15, 0.2) is 5.90 Å². The lowest BCUT2D eigenvalue weighted by Gasteiger charge is -2.44. The normalized spacial score (nSPS) is 41.9. The van der Waals surface area contributed by atoms with Crippen LogP contribution < -0.4 is 0 Å². The minimum atomic E-state index is -0.639. The van der Waals surface area contributed by atoms with E-state index in [-0.39, 0.29) is 16.9 Å². The van der Waals surface area contributed by atoms with E-state index in [1.807, 2.05) is 13.0 Å². The molecule has 0 aromatic rings. The number of aliphatic imine (C=N–C) groups is 1. The molecule has 0 spiro atoms. The van der Waals surface area contributed by atoms with Crippen LogP contribution in [0.2, 0.25) is 0 Å². The molecule has 0 bridgehead atoms. The predicted molar refractivity (Wildman–Crippen MR) is 144 cm³/mol.